The minimum absolute atomic E-state index is 0.0365. The highest BCUT2D eigenvalue weighted by Crippen LogP contribution is 2.29. The highest BCUT2D eigenvalue weighted by atomic mass is 32.1. The molecule has 0 unspecified atom stereocenters. The molecule has 0 aliphatic rings. The van der Waals surface area contributed by atoms with Crippen LogP contribution < -0.4 is 5.32 Å². The summed E-state index contributed by atoms with van der Waals surface area (Å²) in [6.07, 6.45) is 0. The predicted molar refractivity (Wildman–Crippen MR) is 93.5 cm³/mol. The summed E-state index contributed by atoms with van der Waals surface area (Å²) in [5, 5.41) is 13.6. The Hall–Kier alpha value is -2.05. The monoisotopic (exact) mass is 345 g/mol. The Balaban J connectivity index is 1.74. The van der Waals surface area contributed by atoms with E-state index < -0.39 is 0 Å². The SMILES string of the molecule is Cc1cc([C@H](C)N[C@@H](C)c2nnc(-c3cccc(F)c3)s2)c(C)o1. The van der Waals surface area contributed by atoms with Crippen molar-refractivity contribution in [1.29, 1.82) is 0 Å². The summed E-state index contributed by atoms with van der Waals surface area (Å²) in [6, 6.07) is 8.65. The fraction of sp³-hybridized carbons (Fsp3) is 0.333. The van der Waals surface area contributed by atoms with Gasteiger partial charge in [-0.1, -0.05) is 23.5 Å². The van der Waals surface area contributed by atoms with Crippen LogP contribution in [-0.4, -0.2) is 10.2 Å². The molecule has 126 valence electrons. The van der Waals surface area contributed by atoms with E-state index in [4.69, 9.17) is 4.42 Å². The minimum Gasteiger partial charge on any atom is -0.466 e. The van der Waals surface area contributed by atoms with Gasteiger partial charge in [-0.05, 0) is 45.9 Å². The maximum absolute atomic E-state index is 13.4. The molecule has 6 heteroatoms. The molecule has 0 spiro atoms. The standard InChI is InChI=1S/C18H20FN3OS/c1-10-8-16(13(4)23-10)11(2)20-12(3)17-21-22-18(24-17)14-6-5-7-15(19)9-14/h5-9,11-12,20H,1-4H3/t11-,12-/m0/s1. The smallest absolute Gasteiger partial charge is 0.147 e. The molecular formula is C18H20FN3OS. The number of furan rings is 1. The van der Waals surface area contributed by atoms with Crippen molar-refractivity contribution in [3.05, 3.63) is 58.2 Å². The number of nitrogens with one attached hydrogen (secondary N) is 1. The third-order valence-electron chi connectivity index (χ3n) is 3.93. The Morgan fingerprint density at radius 3 is 2.58 bits per heavy atom. The molecule has 1 N–H and O–H groups in total. The zero-order chi connectivity index (χ0) is 17.3. The maximum Gasteiger partial charge on any atom is 0.147 e. The Bertz CT molecular complexity index is 842. The second kappa shape index (κ2) is 6.83. The molecule has 24 heavy (non-hydrogen) atoms. The van der Waals surface area contributed by atoms with Gasteiger partial charge in [-0.2, -0.15) is 0 Å². The summed E-state index contributed by atoms with van der Waals surface area (Å²) in [7, 11) is 0. The fourth-order valence-electron chi connectivity index (χ4n) is 2.76. The molecule has 3 rings (SSSR count). The zero-order valence-corrected chi connectivity index (χ0v) is 14.9. The molecule has 0 radical (unpaired) electrons. The van der Waals surface area contributed by atoms with Gasteiger partial charge >= 0.3 is 0 Å². The van der Waals surface area contributed by atoms with Gasteiger partial charge in [0.05, 0.1) is 6.04 Å². The quantitative estimate of drug-likeness (QED) is 0.709. The Morgan fingerprint density at radius 1 is 1.12 bits per heavy atom. The van der Waals surface area contributed by atoms with Crippen LogP contribution in [0.1, 0.15) is 48.0 Å². The van der Waals surface area contributed by atoms with E-state index in [-0.39, 0.29) is 17.9 Å². The minimum atomic E-state index is -0.269. The second-order valence-corrected chi connectivity index (χ2v) is 6.94. The molecule has 2 aromatic heterocycles. The number of rotatable bonds is 5. The molecule has 0 saturated heterocycles. The van der Waals surface area contributed by atoms with Crippen molar-refractivity contribution in [2.75, 3.05) is 0 Å². The van der Waals surface area contributed by atoms with E-state index in [2.05, 4.69) is 35.4 Å². The van der Waals surface area contributed by atoms with E-state index >= 15 is 0 Å². The van der Waals surface area contributed by atoms with Crippen molar-refractivity contribution in [2.24, 2.45) is 0 Å². The first kappa shape index (κ1) is 16.8. The topological polar surface area (TPSA) is 51.0 Å². The molecule has 0 amide bonds. The summed E-state index contributed by atoms with van der Waals surface area (Å²) >= 11 is 1.47. The molecule has 0 saturated carbocycles. The van der Waals surface area contributed by atoms with E-state index in [0.717, 1.165) is 32.7 Å². The summed E-state index contributed by atoms with van der Waals surface area (Å²) in [4.78, 5) is 0. The average Bonchev–Trinajstić information content (AvgIpc) is 3.14. The number of benzene rings is 1. The van der Waals surface area contributed by atoms with Crippen LogP contribution in [0.4, 0.5) is 4.39 Å². The number of halogens is 1. The molecule has 1 aromatic carbocycles. The van der Waals surface area contributed by atoms with Gasteiger partial charge in [-0.15, -0.1) is 10.2 Å². The normalized spacial score (nSPS) is 13.9. The molecule has 0 aliphatic carbocycles. The molecule has 0 aliphatic heterocycles. The first-order valence-electron chi connectivity index (χ1n) is 7.86. The number of hydrogen-bond acceptors (Lipinski definition) is 5. The lowest BCUT2D eigenvalue weighted by Gasteiger charge is -2.17. The number of nitrogens with zero attached hydrogens (tertiary/aromatic N) is 2. The molecule has 2 heterocycles. The van der Waals surface area contributed by atoms with Crippen LogP contribution in [0, 0.1) is 19.7 Å². The number of aromatic nitrogens is 2. The lowest BCUT2D eigenvalue weighted by atomic mass is 10.1. The van der Waals surface area contributed by atoms with Crippen LogP contribution in [0.2, 0.25) is 0 Å². The van der Waals surface area contributed by atoms with Gasteiger partial charge in [0, 0.05) is 17.2 Å². The van der Waals surface area contributed by atoms with Crippen LogP contribution >= 0.6 is 11.3 Å². The van der Waals surface area contributed by atoms with E-state index in [1.54, 1.807) is 6.07 Å². The lowest BCUT2D eigenvalue weighted by Crippen LogP contribution is -2.22. The van der Waals surface area contributed by atoms with Gasteiger partial charge in [0.15, 0.2) is 0 Å². The van der Waals surface area contributed by atoms with Gasteiger partial charge < -0.3 is 9.73 Å². The summed E-state index contributed by atoms with van der Waals surface area (Å²) in [5.74, 6) is 1.57. The zero-order valence-electron chi connectivity index (χ0n) is 14.1. The second-order valence-electron chi connectivity index (χ2n) is 5.93. The number of hydrogen-bond donors (Lipinski definition) is 1. The molecule has 3 aromatic rings. The van der Waals surface area contributed by atoms with Crippen LogP contribution in [0.5, 0.6) is 0 Å². The van der Waals surface area contributed by atoms with Crippen molar-refractivity contribution < 1.29 is 8.81 Å². The first-order valence-corrected chi connectivity index (χ1v) is 8.68. The fourth-order valence-corrected chi connectivity index (χ4v) is 3.62. The van der Waals surface area contributed by atoms with Crippen molar-refractivity contribution >= 4 is 11.3 Å². The molecule has 4 nitrogen and oxygen atoms in total. The van der Waals surface area contributed by atoms with E-state index in [9.17, 15) is 4.39 Å². The van der Waals surface area contributed by atoms with Crippen LogP contribution in [0.25, 0.3) is 10.6 Å². The van der Waals surface area contributed by atoms with Crippen LogP contribution in [-0.2, 0) is 0 Å². The molecular weight excluding hydrogens is 325 g/mol. The van der Waals surface area contributed by atoms with Crippen LogP contribution in [0.15, 0.2) is 34.7 Å². The number of aryl methyl sites for hydroxylation is 2. The third-order valence-corrected chi connectivity index (χ3v) is 5.08. The Morgan fingerprint density at radius 2 is 1.92 bits per heavy atom. The van der Waals surface area contributed by atoms with Crippen molar-refractivity contribution in [2.45, 2.75) is 39.8 Å². The Labute approximate surface area is 144 Å². The summed E-state index contributed by atoms with van der Waals surface area (Å²) < 4.78 is 18.9. The van der Waals surface area contributed by atoms with Gasteiger partial charge in [0.25, 0.3) is 0 Å². The summed E-state index contributed by atoms with van der Waals surface area (Å²) in [5.41, 5.74) is 1.90. The highest BCUT2D eigenvalue weighted by Gasteiger charge is 2.18. The van der Waals surface area contributed by atoms with Crippen molar-refractivity contribution in [3.8, 4) is 10.6 Å². The van der Waals surface area contributed by atoms with Gasteiger partial charge in [-0.25, -0.2) is 4.39 Å². The lowest BCUT2D eigenvalue weighted by molar-refractivity contribution is 0.467. The average molecular weight is 345 g/mol. The van der Waals surface area contributed by atoms with Crippen molar-refractivity contribution in [3.63, 3.8) is 0 Å². The molecule has 0 fully saturated rings. The molecule has 0 bridgehead atoms. The maximum atomic E-state index is 13.4. The van der Waals surface area contributed by atoms with E-state index in [1.807, 2.05) is 19.9 Å². The predicted octanol–water partition coefficient (Wildman–Crippen LogP) is 4.97. The molecule has 2 atom stereocenters. The van der Waals surface area contributed by atoms with E-state index in [0.29, 0.717) is 0 Å². The van der Waals surface area contributed by atoms with E-state index in [1.165, 1.54) is 23.5 Å². The summed E-state index contributed by atoms with van der Waals surface area (Å²) in [6.45, 7) is 8.07. The first-order chi connectivity index (χ1) is 11.4. The van der Waals surface area contributed by atoms with Crippen LogP contribution in [0.3, 0.4) is 0 Å². The van der Waals surface area contributed by atoms with Crippen molar-refractivity contribution in [1.82, 2.24) is 15.5 Å². The van der Waals surface area contributed by atoms with Gasteiger partial charge in [-0.3, -0.25) is 0 Å². The largest absolute Gasteiger partial charge is 0.466 e. The Kier molecular flexibility index (Phi) is 4.78. The van der Waals surface area contributed by atoms with Gasteiger partial charge in [0.1, 0.15) is 27.4 Å². The third kappa shape index (κ3) is 3.55. The highest BCUT2D eigenvalue weighted by molar-refractivity contribution is 7.14. The van der Waals surface area contributed by atoms with Gasteiger partial charge in [0.2, 0.25) is 0 Å².